The number of nitrogens with zero attached hydrogens (tertiary/aromatic N) is 2. The van der Waals surface area contributed by atoms with E-state index in [0.717, 1.165) is 16.7 Å². The van der Waals surface area contributed by atoms with Gasteiger partial charge in [0.15, 0.2) is 0 Å². The first-order chi connectivity index (χ1) is 6.06. The normalized spacial score (nSPS) is 13.3. The average Bonchev–Trinajstić information content (AvgIpc) is 2.34. The summed E-state index contributed by atoms with van der Waals surface area (Å²) in [5.41, 5.74) is 2.22. The van der Waals surface area contributed by atoms with E-state index in [0.29, 0.717) is 11.8 Å². The number of aryl methyl sites for hydroxylation is 1. The zero-order chi connectivity index (χ0) is 10.0. The molecule has 0 aliphatic rings. The zero-order valence-corrected chi connectivity index (χ0v) is 10.5. The van der Waals surface area contributed by atoms with E-state index in [1.165, 1.54) is 5.69 Å². The summed E-state index contributed by atoms with van der Waals surface area (Å²) < 4.78 is 3.11. The number of hydrogen-bond acceptors (Lipinski definition) is 1. The van der Waals surface area contributed by atoms with Crippen LogP contribution in [0.1, 0.15) is 18.3 Å². The molecule has 0 aliphatic carbocycles. The second-order valence-corrected chi connectivity index (χ2v) is 4.53. The van der Waals surface area contributed by atoms with Crippen LogP contribution < -0.4 is 0 Å². The SMILES string of the molecule is Cc1nn(CC(C)CCl)c(C)c1Br. The van der Waals surface area contributed by atoms with Crippen molar-refractivity contribution in [1.82, 2.24) is 9.78 Å². The lowest BCUT2D eigenvalue weighted by Gasteiger charge is -2.08. The second-order valence-electron chi connectivity index (χ2n) is 3.43. The molecule has 0 bridgehead atoms. The van der Waals surface area contributed by atoms with Crippen LogP contribution in [0.25, 0.3) is 0 Å². The van der Waals surface area contributed by atoms with E-state index in [1.807, 2.05) is 11.6 Å². The van der Waals surface area contributed by atoms with Crippen molar-refractivity contribution < 1.29 is 0 Å². The Morgan fingerprint density at radius 3 is 2.54 bits per heavy atom. The minimum atomic E-state index is 0.464. The monoisotopic (exact) mass is 264 g/mol. The summed E-state index contributed by atoms with van der Waals surface area (Å²) >= 11 is 9.24. The maximum Gasteiger partial charge on any atom is 0.0738 e. The molecule has 1 atom stereocenters. The predicted octanol–water partition coefficient (Wildman–Crippen LogP) is 3.14. The fourth-order valence-corrected chi connectivity index (χ4v) is 1.58. The Morgan fingerprint density at radius 2 is 2.15 bits per heavy atom. The maximum absolute atomic E-state index is 5.75. The molecule has 0 saturated carbocycles. The number of halogens is 2. The average molecular weight is 266 g/mol. The van der Waals surface area contributed by atoms with Crippen molar-refractivity contribution in [3.63, 3.8) is 0 Å². The van der Waals surface area contributed by atoms with Gasteiger partial charge in [-0.2, -0.15) is 5.10 Å². The molecule has 0 fully saturated rings. The van der Waals surface area contributed by atoms with Crippen LogP contribution in [-0.4, -0.2) is 15.7 Å². The van der Waals surface area contributed by atoms with Crippen molar-refractivity contribution in [2.24, 2.45) is 5.92 Å². The molecule has 0 spiro atoms. The summed E-state index contributed by atoms with van der Waals surface area (Å²) in [7, 11) is 0. The van der Waals surface area contributed by atoms with Crippen molar-refractivity contribution in [1.29, 1.82) is 0 Å². The van der Waals surface area contributed by atoms with Gasteiger partial charge in [-0.15, -0.1) is 11.6 Å². The summed E-state index contributed by atoms with van der Waals surface area (Å²) in [6.45, 7) is 7.07. The molecule has 0 radical (unpaired) electrons. The van der Waals surface area contributed by atoms with E-state index < -0.39 is 0 Å². The van der Waals surface area contributed by atoms with Crippen LogP contribution in [0.2, 0.25) is 0 Å². The van der Waals surface area contributed by atoms with Crippen LogP contribution in [0.4, 0.5) is 0 Å². The molecule has 1 unspecified atom stereocenters. The molecule has 0 aromatic carbocycles. The molecular weight excluding hydrogens is 251 g/mol. The van der Waals surface area contributed by atoms with Crippen molar-refractivity contribution >= 4 is 27.5 Å². The van der Waals surface area contributed by atoms with Crippen LogP contribution in [-0.2, 0) is 6.54 Å². The number of hydrogen-bond donors (Lipinski definition) is 0. The van der Waals surface area contributed by atoms with Crippen LogP contribution in [0.5, 0.6) is 0 Å². The molecule has 1 aromatic heterocycles. The van der Waals surface area contributed by atoms with Gasteiger partial charge >= 0.3 is 0 Å². The molecule has 0 N–H and O–H groups in total. The topological polar surface area (TPSA) is 17.8 Å². The summed E-state index contributed by atoms with van der Waals surface area (Å²) in [6.07, 6.45) is 0. The molecule has 1 aromatic rings. The van der Waals surface area contributed by atoms with Gasteiger partial charge in [0, 0.05) is 18.1 Å². The van der Waals surface area contributed by atoms with Crippen molar-refractivity contribution in [2.75, 3.05) is 5.88 Å². The standard InChI is InChI=1S/C9H14BrClN2/c1-6(4-11)5-13-8(3)9(10)7(2)12-13/h6H,4-5H2,1-3H3. The van der Waals surface area contributed by atoms with E-state index in [9.17, 15) is 0 Å². The van der Waals surface area contributed by atoms with Crippen molar-refractivity contribution in [2.45, 2.75) is 27.3 Å². The van der Waals surface area contributed by atoms with E-state index in [2.05, 4.69) is 34.9 Å². The molecule has 0 amide bonds. The lowest BCUT2D eigenvalue weighted by Crippen LogP contribution is -2.11. The maximum atomic E-state index is 5.75. The number of rotatable bonds is 3. The number of aromatic nitrogens is 2. The highest BCUT2D eigenvalue weighted by Crippen LogP contribution is 2.20. The summed E-state index contributed by atoms with van der Waals surface area (Å²) in [4.78, 5) is 0. The first kappa shape index (κ1) is 11.1. The first-order valence-corrected chi connectivity index (χ1v) is 5.64. The molecule has 1 rings (SSSR count). The van der Waals surface area contributed by atoms with Crippen LogP contribution >= 0.6 is 27.5 Å². The molecular formula is C9H14BrClN2. The summed E-state index contributed by atoms with van der Waals surface area (Å²) in [6, 6.07) is 0. The largest absolute Gasteiger partial charge is 0.268 e. The summed E-state index contributed by atoms with van der Waals surface area (Å²) in [5, 5.41) is 4.41. The predicted molar refractivity (Wildman–Crippen MR) is 59.3 cm³/mol. The minimum absolute atomic E-state index is 0.464. The third kappa shape index (κ3) is 2.47. The van der Waals surface area contributed by atoms with E-state index >= 15 is 0 Å². The highest BCUT2D eigenvalue weighted by Gasteiger charge is 2.10. The summed E-state index contributed by atoms with van der Waals surface area (Å²) in [5.74, 6) is 1.14. The van der Waals surface area contributed by atoms with Gasteiger partial charge < -0.3 is 0 Å². The quantitative estimate of drug-likeness (QED) is 0.768. The van der Waals surface area contributed by atoms with Gasteiger partial charge in [-0.3, -0.25) is 4.68 Å². The zero-order valence-electron chi connectivity index (χ0n) is 8.14. The molecule has 4 heteroatoms. The third-order valence-corrected chi connectivity index (χ3v) is 3.72. The minimum Gasteiger partial charge on any atom is -0.268 e. The van der Waals surface area contributed by atoms with Gasteiger partial charge in [0.2, 0.25) is 0 Å². The molecule has 0 aliphatic heterocycles. The molecule has 74 valence electrons. The Morgan fingerprint density at radius 1 is 1.54 bits per heavy atom. The Labute approximate surface area is 92.4 Å². The number of alkyl halides is 1. The van der Waals surface area contributed by atoms with Crippen molar-refractivity contribution in [3.8, 4) is 0 Å². The van der Waals surface area contributed by atoms with Crippen LogP contribution in [0.3, 0.4) is 0 Å². The first-order valence-electron chi connectivity index (χ1n) is 4.31. The van der Waals surface area contributed by atoms with E-state index in [4.69, 9.17) is 11.6 Å². The Kier molecular flexibility index (Phi) is 3.80. The van der Waals surface area contributed by atoms with Gasteiger partial charge in [0.05, 0.1) is 10.2 Å². The highest BCUT2D eigenvalue weighted by atomic mass is 79.9. The Hall–Kier alpha value is -0.0200. The van der Waals surface area contributed by atoms with E-state index in [1.54, 1.807) is 0 Å². The smallest absolute Gasteiger partial charge is 0.0738 e. The fraction of sp³-hybridized carbons (Fsp3) is 0.667. The molecule has 1 heterocycles. The lowest BCUT2D eigenvalue weighted by atomic mass is 10.2. The second kappa shape index (κ2) is 4.47. The van der Waals surface area contributed by atoms with Crippen LogP contribution in [0.15, 0.2) is 4.47 Å². The van der Waals surface area contributed by atoms with Gasteiger partial charge in [-0.05, 0) is 35.7 Å². The Balaban J connectivity index is 2.83. The van der Waals surface area contributed by atoms with Crippen molar-refractivity contribution in [3.05, 3.63) is 15.9 Å². The van der Waals surface area contributed by atoms with Gasteiger partial charge in [-0.1, -0.05) is 6.92 Å². The Bertz CT molecular complexity index is 296. The van der Waals surface area contributed by atoms with Gasteiger partial charge in [0.1, 0.15) is 0 Å². The lowest BCUT2D eigenvalue weighted by molar-refractivity contribution is 0.476. The fourth-order valence-electron chi connectivity index (χ4n) is 1.20. The van der Waals surface area contributed by atoms with E-state index in [-0.39, 0.29) is 0 Å². The third-order valence-electron chi connectivity index (χ3n) is 2.04. The van der Waals surface area contributed by atoms with Crippen LogP contribution in [0, 0.1) is 19.8 Å². The van der Waals surface area contributed by atoms with Gasteiger partial charge in [-0.25, -0.2) is 0 Å². The van der Waals surface area contributed by atoms with Gasteiger partial charge in [0.25, 0.3) is 0 Å². The molecule has 2 nitrogen and oxygen atoms in total. The highest BCUT2D eigenvalue weighted by molar-refractivity contribution is 9.10. The molecule has 0 saturated heterocycles. The molecule has 13 heavy (non-hydrogen) atoms.